The Hall–Kier alpha value is -3.04. The molecule has 1 amide bonds. The summed E-state index contributed by atoms with van der Waals surface area (Å²) in [5.74, 6) is 3.69. The van der Waals surface area contributed by atoms with Crippen LogP contribution in [0.2, 0.25) is 0 Å². The van der Waals surface area contributed by atoms with Crippen LogP contribution in [0.25, 0.3) is 0 Å². The lowest BCUT2D eigenvalue weighted by molar-refractivity contribution is -0.133. The van der Waals surface area contributed by atoms with Gasteiger partial charge in [-0.1, -0.05) is 18.1 Å². The molecule has 0 aliphatic carbocycles. The van der Waals surface area contributed by atoms with Crippen molar-refractivity contribution in [2.75, 3.05) is 33.9 Å². The van der Waals surface area contributed by atoms with Gasteiger partial charge in [0.2, 0.25) is 5.91 Å². The third kappa shape index (κ3) is 5.07. The van der Waals surface area contributed by atoms with Crippen LogP contribution in [0.5, 0.6) is 11.5 Å². The zero-order valence-electron chi connectivity index (χ0n) is 16.8. The largest absolute Gasteiger partial charge is 0.493 e. The number of benzene rings is 2. The van der Waals surface area contributed by atoms with Gasteiger partial charge in [0.1, 0.15) is 5.82 Å². The van der Waals surface area contributed by atoms with Crippen LogP contribution in [-0.4, -0.2) is 49.6 Å². The second kappa shape index (κ2) is 9.44. The van der Waals surface area contributed by atoms with E-state index in [9.17, 15) is 9.18 Å². The van der Waals surface area contributed by atoms with Gasteiger partial charge in [-0.2, -0.15) is 0 Å². The maximum atomic E-state index is 13.1. The molecule has 3 rings (SSSR count). The van der Waals surface area contributed by atoms with Gasteiger partial charge in [0.25, 0.3) is 0 Å². The molecular weight excluding hydrogens is 371 g/mol. The highest BCUT2D eigenvalue weighted by atomic mass is 19.1. The second-order valence-corrected chi connectivity index (χ2v) is 7.02. The highest BCUT2D eigenvalue weighted by Crippen LogP contribution is 2.33. The molecule has 0 aromatic heterocycles. The van der Waals surface area contributed by atoms with Gasteiger partial charge < -0.3 is 14.4 Å². The number of rotatable bonds is 7. The summed E-state index contributed by atoms with van der Waals surface area (Å²) in [4.78, 5) is 16.6. The first-order chi connectivity index (χ1) is 14.0. The van der Waals surface area contributed by atoms with Crippen molar-refractivity contribution in [1.82, 2.24) is 9.80 Å². The van der Waals surface area contributed by atoms with Crippen LogP contribution in [0, 0.1) is 18.2 Å². The molecule has 0 unspecified atom stereocenters. The highest BCUT2D eigenvalue weighted by Gasteiger charge is 2.24. The summed E-state index contributed by atoms with van der Waals surface area (Å²) in [5, 5.41) is 0. The number of amides is 1. The van der Waals surface area contributed by atoms with Gasteiger partial charge in [-0.05, 0) is 47.4 Å². The number of carbonyl (C=O) groups excluding carboxylic acids is 1. The van der Waals surface area contributed by atoms with Crippen molar-refractivity contribution >= 4 is 5.91 Å². The Morgan fingerprint density at radius 2 is 1.83 bits per heavy atom. The highest BCUT2D eigenvalue weighted by molar-refractivity contribution is 5.78. The van der Waals surface area contributed by atoms with E-state index in [1.807, 2.05) is 21.9 Å². The second-order valence-electron chi connectivity index (χ2n) is 7.02. The minimum Gasteiger partial charge on any atom is -0.493 e. The summed E-state index contributed by atoms with van der Waals surface area (Å²) in [5.41, 5.74) is 3.14. The quantitative estimate of drug-likeness (QED) is 0.675. The molecule has 0 bridgehead atoms. The van der Waals surface area contributed by atoms with Crippen LogP contribution in [-0.2, 0) is 24.3 Å². The van der Waals surface area contributed by atoms with Crippen LogP contribution in [0.15, 0.2) is 36.4 Å². The molecule has 1 aliphatic rings. The van der Waals surface area contributed by atoms with Crippen molar-refractivity contribution in [3.8, 4) is 23.8 Å². The predicted octanol–water partition coefficient (Wildman–Crippen LogP) is 2.86. The molecule has 5 nitrogen and oxygen atoms in total. The van der Waals surface area contributed by atoms with E-state index in [2.05, 4.69) is 5.92 Å². The molecule has 1 heterocycles. The van der Waals surface area contributed by atoms with E-state index in [4.69, 9.17) is 15.9 Å². The number of fused-ring (bicyclic) bond motifs is 1. The molecule has 0 N–H and O–H groups in total. The Morgan fingerprint density at radius 3 is 2.45 bits per heavy atom. The smallest absolute Gasteiger partial charge is 0.237 e. The van der Waals surface area contributed by atoms with Crippen molar-refractivity contribution in [3.63, 3.8) is 0 Å². The minimum atomic E-state index is -0.285. The van der Waals surface area contributed by atoms with Gasteiger partial charge in [0.05, 0.1) is 27.3 Å². The maximum absolute atomic E-state index is 13.1. The maximum Gasteiger partial charge on any atom is 0.237 e. The van der Waals surface area contributed by atoms with E-state index in [1.165, 1.54) is 17.7 Å². The topological polar surface area (TPSA) is 42.0 Å². The summed E-state index contributed by atoms with van der Waals surface area (Å²) < 4.78 is 23.9. The van der Waals surface area contributed by atoms with Crippen molar-refractivity contribution in [2.45, 2.75) is 19.5 Å². The van der Waals surface area contributed by atoms with Crippen LogP contribution >= 0.6 is 0 Å². The van der Waals surface area contributed by atoms with Gasteiger partial charge >= 0.3 is 0 Å². The van der Waals surface area contributed by atoms with Crippen LogP contribution in [0.4, 0.5) is 4.39 Å². The lowest BCUT2D eigenvalue weighted by Gasteiger charge is -2.31. The fourth-order valence-electron chi connectivity index (χ4n) is 3.53. The zero-order chi connectivity index (χ0) is 20.8. The molecule has 152 valence electrons. The van der Waals surface area contributed by atoms with Crippen LogP contribution in [0.3, 0.4) is 0 Å². The van der Waals surface area contributed by atoms with E-state index in [-0.39, 0.29) is 18.3 Å². The molecule has 29 heavy (non-hydrogen) atoms. The molecular formula is C23H25FN2O3. The number of ether oxygens (including phenoxy) is 2. The zero-order valence-corrected chi connectivity index (χ0v) is 16.8. The third-order valence-electron chi connectivity index (χ3n) is 5.06. The van der Waals surface area contributed by atoms with E-state index in [0.29, 0.717) is 37.7 Å². The molecule has 0 saturated carbocycles. The van der Waals surface area contributed by atoms with Gasteiger partial charge in [0.15, 0.2) is 11.5 Å². The Morgan fingerprint density at radius 1 is 1.17 bits per heavy atom. The summed E-state index contributed by atoms with van der Waals surface area (Å²) in [7, 11) is 3.22. The summed E-state index contributed by atoms with van der Waals surface area (Å²) in [6, 6.07) is 10.2. The van der Waals surface area contributed by atoms with Gasteiger partial charge in [-0.25, -0.2) is 4.39 Å². The lowest BCUT2D eigenvalue weighted by Crippen LogP contribution is -2.42. The average molecular weight is 396 g/mol. The molecule has 1 aliphatic heterocycles. The summed E-state index contributed by atoms with van der Waals surface area (Å²) in [6.07, 6.45) is 6.24. The Labute approximate surface area is 171 Å². The standard InChI is InChI=1S/C23H25FN2O3/c1-4-10-25(14-17-5-7-20(24)8-6-17)16-23(27)26-11-9-18-12-21(28-2)22(29-3)13-19(18)15-26/h1,5-8,12-13H,9-11,14-16H2,2-3H3. The van der Waals surface area contributed by atoms with Crippen molar-refractivity contribution in [1.29, 1.82) is 0 Å². The number of carbonyl (C=O) groups is 1. The van der Waals surface area contributed by atoms with Gasteiger partial charge in [0, 0.05) is 19.6 Å². The fraction of sp³-hybridized carbons (Fsp3) is 0.348. The molecule has 0 spiro atoms. The number of hydrogen-bond donors (Lipinski definition) is 0. The minimum absolute atomic E-state index is 0.0165. The number of hydrogen-bond acceptors (Lipinski definition) is 4. The van der Waals surface area contributed by atoms with Gasteiger partial charge in [-0.15, -0.1) is 6.42 Å². The number of halogens is 1. The summed E-state index contributed by atoms with van der Waals surface area (Å²) >= 11 is 0. The number of methoxy groups -OCH3 is 2. The van der Waals surface area contributed by atoms with E-state index in [0.717, 1.165) is 17.5 Å². The average Bonchev–Trinajstić information content (AvgIpc) is 2.74. The van der Waals surface area contributed by atoms with E-state index in [1.54, 1.807) is 26.4 Å². The first-order valence-corrected chi connectivity index (χ1v) is 9.46. The lowest BCUT2D eigenvalue weighted by atomic mass is 9.98. The predicted molar refractivity (Wildman–Crippen MR) is 109 cm³/mol. The first-order valence-electron chi connectivity index (χ1n) is 9.46. The molecule has 2 aromatic carbocycles. The van der Waals surface area contributed by atoms with Crippen LogP contribution < -0.4 is 9.47 Å². The monoisotopic (exact) mass is 396 g/mol. The number of nitrogens with zero attached hydrogens (tertiary/aromatic N) is 2. The molecule has 6 heteroatoms. The third-order valence-corrected chi connectivity index (χ3v) is 5.06. The SMILES string of the molecule is C#CCN(CC(=O)N1CCc2cc(OC)c(OC)cc2C1)Cc1ccc(F)cc1. The molecule has 0 saturated heterocycles. The summed E-state index contributed by atoms with van der Waals surface area (Å²) in [6.45, 7) is 2.21. The molecule has 0 atom stereocenters. The Balaban J connectivity index is 1.68. The molecule has 2 aromatic rings. The molecule has 0 radical (unpaired) electrons. The van der Waals surface area contributed by atoms with E-state index >= 15 is 0 Å². The first kappa shape index (κ1) is 20.7. The van der Waals surface area contributed by atoms with Crippen molar-refractivity contribution in [3.05, 3.63) is 58.9 Å². The Kier molecular flexibility index (Phi) is 6.73. The fourth-order valence-corrected chi connectivity index (χ4v) is 3.53. The van der Waals surface area contributed by atoms with Crippen molar-refractivity contribution in [2.24, 2.45) is 0 Å². The van der Waals surface area contributed by atoms with Crippen molar-refractivity contribution < 1.29 is 18.7 Å². The van der Waals surface area contributed by atoms with E-state index < -0.39 is 0 Å². The van der Waals surface area contributed by atoms with Crippen LogP contribution in [0.1, 0.15) is 16.7 Å². The Bertz CT molecular complexity index is 906. The molecule has 0 fully saturated rings. The normalized spacial score (nSPS) is 13.0. The van der Waals surface area contributed by atoms with Gasteiger partial charge in [-0.3, -0.25) is 9.69 Å². The number of terminal acetylenes is 1.